The zero-order valence-electron chi connectivity index (χ0n) is 14.2. The average molecular weight is 352 g/mol. The number of hydrogen-bond donors (Lipinski definition) is 1. The minimum atomic E-state index is -0.446. The van der Waals surface area contributed by atoms with Gasteiger partial charge in [-0.3, -0.25) is 9.59 Å². The average Bonchev–Trinajstić information content (AvgIpc) is 2.82. The molecule has 6 heteroatoms. The number of nitrogens with zero attached hydrogens (tertiary/aromatic N) is 2. The first-order valence-corrected chi connectivity index (χ1v) is 8.39. The van der Waals surface area contributed by atoms with Crippen molar-refractivity contribution in [1.82, 2.24) is 9.80 Å². The van der Waals surface area contributed by atoms with Crippen molar-refractivity contribution < 1.29 is 9.59 Å². The Bertz CT molecular complexity index is 579. The van der Waals surface area contributed by atoms with Crippen LogP contribution in [0, 0.1) is 0 Å². The predicted octanol–water partition coefficient (Wildman–Crippen LogP) is 2.05. The van der Waals surface area contributed by atoms with Gasteiger partial charge in [-0.1, -0.05) is 18.2 Å². The maximum atomic E-state index is 12.6. The second-order valence-electron chi connectivity index (χ2n) is 6.83. The van der Waals surface area contributed by atoms with Gasteiger partial charge in [0.15, 0.2) is 0 Å². The summed E-state index contributed by atoms with van der Waals surface area (Å²) in [5.74, 6) is 0.106. The van der Waals surface area contributed by atoms with Crippen LogP contribution >= 0.6 is 12.4 Å². The molecule has 0 aliphatic carbocycles. The molecule has 2 aliphatic rings. The third-order valence-electron chi connectivity index (χ3n) is 5.24. The summed E-state index contributed by atoms with van der Waals surface area (Å²) in [6, 6.07) is 9.57. The standard InChI is InChI=1S/C18H25N3O2.ClH/c1-12(19)17(22)21-14-8-9-15(21)11-16(10-14)20(2)18(23)13-6-4-3-5-7-13;/h3-7,12,14-16H,8-11,19H2,1-2H3;1H/t12-,14?,15?,16?;/m1./s1. The number of carbonyl (C=O) groups is 2. The fourth-order valence-corrected chi connectivity index (χ4v) is 4.01. The van der Waals surface area contributed by atoms with Crippen LogP contribution in [0.1, 0.15) is 43.0 Å². The van der Waals surface area contributed by atoms with Crippen molar-refractivity contribution in [3.05, 3.63) is 35.9 Å². The van der Waals surface area contributed by atoms with Gasteiger partial charge in [0.25, 0.3) is 5.91 Å². The molecular weight excluding hydrogens is 326 g/mol. The third-order valence-corrected chi connectivity index (χ3v) is 5.24. The number of hydrogen-bond acceptors (Lipinski definition) is 3. The Morgan fingerprint density at radius 2 is 1.71 bits per heavy atom. The molecule has 1 aromatic rings. The van der Waals surface area contributed by atoms with E-state index in [0.717, 1.165) is 31.2 Å². The van der Waals surface area contributed by atoms with Gasteiger partial charge in [0.1, 0.15) is 0 Å². The van der Waals surface area contributed by atoms with Crippen molar-refractivity contribution in [2.45, 2.75) is 56.8 Å². The van der Waals surface area contributed by atoms with E-state index in [0.29, 0.717) is 0 Å². The van der Waals surface area contributed by atoms with Crippen molar-refractivity contribution in [2.75, 3.05) is 7.05 Å². The number of piperidine rings is 1. The molecule has 2 amide bonds. The van der Waals surface area contributed by atoms with Crippen LogP contribution in [0.15, 0.2) is 30.3 Å². The molecule has 2 bridgehead atoms. The van der Waals surface area contributed by atoms with E-state index in [1.165, 1.54) is 0 Å². The Kier molecular flexibility index (Phi) is 5.88. The highest BCUT2D eigenvalue weighted by molar-refractivity contribution is 5.94. The quantitative estimate of drug-likeness (QED) is 0.906. The number of nitrogens with two attached hydrogens (primary N) is 1. The zero-order valence-corrected chi connectivity index (χ0v) is 15.0. The van der Waals surface area contributed by atoms with Crippen LogP contribution in [0.25, 0.3) is 0 Å². The van der Waals surface area contributed by atoms with Crippen LogP contribution in [0.2, 0.25) is 0 Å². The molecule has 3 atom stereocenters. The predicted molar refractivity (Wildman–Crippen MR) is 96.1 cm³/mol. The largest absolute Gasteiger partial charge is 0.339 e. The number of rotatable bonds is 3. The molecule has 2 fully saturated rings. The third kappa shape index (κ3) is 3.42. The lowest BCUT2D eigenvalue weighted by Gasteiger charge is -2.42. The first-order valence-electron chi connectivity index (χ1n) is 8.39. The van der Waals surface area contributed by atoms with E-state index in [1.54, 1.807) is 6.92 Å². The summed E-state index contributed by atoms with van der Waals surface area (Å²) in [4.78, 5) is 28.8. The second-order valence-corrected chi connectivity index (χ2v) is 6.83. The van der Waals surface area contributed by atoms with E-state index in [-0.39, 0.29) is 42.3 Å². The molecule has 1 aromatic carbocycles. The van der Waals surface area contributed by atoms with Crippen LogP contribution in [0.4, 0.5) is 0 Å². The molecular formula is C18H26ClN3O2. The maximum Gasteiger partial charge on any atom is 0.253 e. The molecule has 5 nitrogen and oxygen atoms in total. The highest BCUT2D eigenvalue weighted by Crippen LogP contribution is 2.37. The molecule has 0 saturated carbocycles. The first-order chi connectivity index (χ1) is 11.0. The van der Waals surface area contributed by atoms with Crippen LogP contribution in [0.3, 0.4) is 0 Å². The monoisotopic (exact) mass is 351 g/mol. The molecule has 0 spiro atoms. The first kappa shape index (κ1) is 18.7. The van der Waals surface area contributed by atoms with Crippen LogP contribution in [0.5, 0.6) is 0 Å². The summed E-state index contributed by atoms with van der Waals surface area (Å²) in [6.07, 6.45) is 3.74. The van der Waals surface area contributed by atoms with E-state index >= 15 is 0 Å². The minimum Gasteiger partial charge on any atom is -0.339 e. The topological polar surface area (TPSA) is 66.6 Å². The lowest BCUT2D eigenvalue weighted by molar-refractivity contribution is -0.137. The van der Waals surface area contributed by atoms with Gasteiger partial charge in [0.05, 0.1) is 6.04 Å². The van der Waals surface area contributed by atoms with Gasteiger partial charge in [-0.15, -0.1) is 12.4 Å². The fourth-order valence-electron chi connectivity index (χ4n) is 4.01. The van der Waals surface area contributed by atoms with E-state index < -0.39 is 6.04 Å². The molecule has 2 saturated heterocycles. The number of halogens is 1. The highest BCUT2D eigenvalue weighted by Gasteiger charge is 2.45. The SMILES string of the molecule is C[C@@H](N)C(=O)N1C2CCC1CC(N(C)C(=O)c1ccccc1)C2.Cl. The van der Waals surface area contributed by atoms with Gasteiger partial charge in [-0.2, -0.15) is 0 Å². The Labute approximate surface area is 149 Å². The van der Waals surface area contributed by atoms with Crippen molar-refractivity contribution in [1.29, 1.82) is 0 Å². The van der Waals surface area contributed by atoms with Crippen molar-refractivity contribution >= 4 is 24.2 Å². The molecule has 0 radical (unpaired) electrons. The van der Waals surface area contributed by atoms with Gasteiger partial charge in [0.2, 0.25) is 5.91 Å². The molecule has 132 valence electrons. The summed E-state index contributed by atoms with van der Waals surface area (Å²) in [6.45, 7) is 1.75. The maximum absolute atomic E-state index is 12.6. The molecule has 2 unspecified atom stereocenters. The summed E-state index contributed by atoms with van der Waals surface area (Å²) >= 11 is 0. The van der Waals surface area contributed by atoms with E-state index in [9.17, 15) is 9.59 Å². The van der Waals surface area contributed by atoms with Crippen molar-refractivity contribution in [2.24, 2.45) is 5.73 Å². The van der Waals surface area contributed by atoms with E-state index in [4.69, 9.17) is 5.73 Å². The van der Waals surface area contributed by atoms with Crippen LogP contribution in [-0.2, 0) is 4.79 Å². The normalized spacial score (nSPS) is 26.5. The minimum absolute atomic E-state index is 0. The molecule has 2 aliphatic heterocycles. The van der Waals surface area contributed by atoms with Gasteiger partial charge in [-0.05, 0) is 44.7 Å². The Morgan fingerprint density at radius 1 is 1.17 bits per heavy atom. The number of carbonyl (C=O) groups excluding carboxylic acids is 2. The Morgan fingerprint density at radius 3 is 2.21 bits per heavy atom. The summed E-state index contributed by atoms with van der Waals surface area (Å²) in [7, 11) is 1.88. The smallest absolute Gasteiger partial charge is 0.253 e. The molecule has 0 aromatic heterocycles. The molecule has 3 rings (SSSR count). The lowest BCUT2D eigenvalue weighted by atomic mass is 9.95. The van der Waals surface area contributed by atoms with Gasteiger partial charge in [0, 0.05) is 30.7 Å². The summed E-state index contributed by atoms with van der Waals surface area (Å²) in [5, 5.41) is 0. The van der Waals surface area contributed by atoms with E-state index in [1.807, 2.05) is 47.2 Å². The summed E-state index contributed by atoms with van der Waals surface area (Å²) in [5.41, 5.74) is 6.50. The molecule has 2 heterocycles. The fraction of sp³-hybridized carbons (Fsp3) is 0.556. The summed E-state index contributed by atoms with van der Waals surface area (Å²) < 4.78 is 0. The number of amides is 2. The van der Waals surface area contributed by atoms with Crippen LogP contribution in [-0.4, -0.2) is 52.8 Å². The second kappa shape index (κ2) is 7.53. The Hall–Kier alpha value is -1.59. The van der Waals surface area contributed by atoms with Gasteiger partial charge < -0.3 is 15.5 Å². The Balaban J connectivity index is 0.00000208. The van der Waals surface area contributed by atoms with Crippen molar-refractivity contribution in [3.8, 4) is 0 Å². The van der Waals surface area contributed by atoms with Gasteiger partial charge >= 0.3 is 0 Å². The zero-order chi connectivity index (χ0) is 16.6. The van der Waals surface area contributed by atoms with Crippen LogP contribution < -0.4 is 5.73 Å². The lowest BCUT2D eigenvalue weighted by Crippen LogP contribution is -2.55. The molecule has 2 N–H and O–H groups in total. The van der Waals surface area contributed by atoms with E-state index in [2.05, 4.69) is 0 Å². The highest BCUT2D eigenvalue weighted by atomic mass is 35.5. The number of benzene rings is 1. The van der Waals surface area contributed by atoms with Gasteiger partial charge in [-0.25, -0.2) is 0 Å². The number of fused-ring (bicyclic) bond motifs is 2. The van der Waals surface area contributed by atoms with Crippen molar-refractivity contribution in [3.63, 3.8) is 0 Å². The molecule has 24 heavy (non-hydrogen) atoms.